The van der Waals surface area contributed by atoms with Crippen LogP contribution >= 0.6 is 0 Å². The first-order valence-corrected chi connectivity index (χ1v) is 9.92. The van der Waals surface area contributed by atoms with Gasteiger partial charge in [0.15, 0.2) is 0 Å². The van der Waals surface area contributed by atoms with E-state index in [1.165, 1.54) is 0 Å². The summed E-state index contributed by atoms with van der Waals surface area (Å²) in [5.41, 5.74) is 10.5. The highest BCUT2D eigenvalue weighted by Crippen LogP contribution is 2.58. The maximum atomic E-state index is 6.79. The van der Waals surface area contributed by atoms with Gasteiger partial charge in [-0.2, -0.15) is 0 Å². The molecule has 0 amide bonds. The molecule has 3 saturated heterocycles. The Balaban J connectivity index is 2.13. The molecule has 0 aromatic carbocycles. The van der Waals surface area contributed by atoms with E-state index in [2.05, 4.69) is 82.9 Å². The number of nitrogens with zero attached hydrogens (tertiary/aromatic N) is 1. The van der Waals surface area contributed by atoms with Crippen LogP contribution in [-0.2, 0) is 0 Å². The summed E-state index contributed by atoms with van der Waals surface area (Å²) >= 11 is 0. The molecule has 0 radical (unpaired) electrons. The molecule has 3 fully saturated rings. The summed E-state index contributed by atoms with van der Waals surface area (Å²) in [6, 6.07) is 0. The molecule has 0 saturated carbocycles. The van der Waals surface area contributed by atoms with Crippen molar-refractivity contribution < 1.29 is 0 Å². The fraction of sp³-hybridized carbons (Fsp3) is 0.500. The lowest BCUT2D eigenvalue weighted by Crippen LogP contribution is -2.63. The number of fused-ring (bicyclic) bond motifs is 2. The summed E-state index contributed by atoms with van der Waals surface area (Å²) in [5.74, 6) is 0.270. The molecule has 0 aliphatic carbocycles. The number of piperidine rings is 2. The van der Waals surface area contributed by atoms with E-state index >= 15 is 0 Å². The van der Waals surface area contributed by atoms with E-state index in [0.717, 1.165) is 29.6 Å². The highest BCUT2D eigenvalue weighted by molar-refractivity contribution is 5.63. The van der Waals surface area contributed by atoms with Gasteiger partial charge in [-0.05, 0) is 63.2 Å². The molecule has 3 atom stereocenters. The highest BCUT2D eigenvalue weighted by atomic mass is 15.7. The average Bonchev–Trinajstić information content (AvgIpc) is 2.96. The largest absolute Gasteiger partial charge is 0.307 e. The molecule has 0 spiro atoms. The smallest absolute Gasteiger partial charge is 0.128 e. The minimum atomic E-state index is -0.961. The maximum Gasteiger partial charge on any atom is 0.128 e. The molecule has 4 nitrogen and oxygen atoms in total. The van der Waals surface area contributed by atoms with Gasteiger partial charge in [0, 0.05) is 11.1 Å². The van der Waals surface area contributed by atoms with Crippen LogP contribution in [0.4, 0.5) is 0 Å². The van der Waals surface area contributed by atoms with Crippen LogP contribution in [0.1, 0.15) is 40.5 Å². The van der Waals surface area contributed by atoms with Gasteiger partial charge in [-0.1, -0.05) is 38.0 Å². The Morgan fingerprint density at radius 2 is 1.50 bits per heavy atom. The fourth-order valence-electron chi connectivity index (χ4n) is 5.93. The SMILES string of the molecule is C=CC1(C=C)C(=C)C2(N)NN1C(C=C)(C(=C)C1CC(C)(C)NC(C)(C)C1)C2=C. The summed E-state index contributed by atoms with van der Waals surface area (Å²) < 4.78 is 0. The fourth-order valence-corrected chi connectivity index (χ4v) is 5.93. The number of rotatable bonds is 5. The summed E-state index contributed by atoms with van der Waals surface area (Å²) in [6.07, 6.45) is 7.52. The minimum absolute atomic E-state index is 0.00259. The molecule has 3 aliphatic heterocycles. The van der Waals surface area contributed by atoms with Gasteiger partial charge in [0.25, 0.3) is 0 Å². The molecule has 152 valence electrons. The molecule has 28 heavy (non-hydrogen) atoms. The first kappa shape index (κ1) is 21.0. The molecule has 4 N–H and O–H groups in total. The van der Waals surface area contributed by atoms with Gasteiger partial charge in [0.1, 0.15) is 5.66 Å². The molecule has 4 heteroatoms. The van der Waals surface area contributed by atoms with Gasteiger partial charge in [0.05, 0.1) is 11.1 Å². The molecule has 0 aromatic heterocycles. The number of hydrogen-bond donors (Lipinski definition) is 3. The molecule has 0 aromatic rings. The summed E-state index contributed by atoms with van der Waals surface area (Å²) in [5, 5.41) is 5.80. The van der Waals surface area contributed by atoms with Crippen molar-refractivity contribution in [2.45, 2.75) is 68.4 Å². The van der Waals surface area contributed by atoms with Crippen molar-refractivity contribution >= 4 is 0 Å². The second kappa shape index (κ2) is 5.90. The first-order chi connectivity index (χ1) is 12.8. The third-order valence-corrected chi connectivity index (χ3v) is 7.00. The third-order valence-electron chi connectivity index (χ3n) is 7.00. The van der Waals surface area contributed by atoms with Crippen LogP contribution in [0.15, 0.2) is 74.4 Å². The molecular formula is C24H36N4. The van der Waals surface area contributed by atoms with Crippen molar-refractivity contribution in [3.8, 4) is 0 Å². The minimum Gasteiger partial charge on any atom is -0.307 e. The quantitative estimate of drug-likeness (QED) is 0.636. The molecule has 3 unspecified atom stereocenters. The van der Waals surface area contributed by atoms with Crippen molar-refractivity contribution in [1.82, 2.24) is 15.8 Å². The Hall–Kier alpha value is -1.72. The van der Waals surface area contributed by atoms with E-state index in [9.17, 15) is 0 Å². The zero-order chi connectivity index (χ0) is 21.3. The second-order valence-corrected chi connectivity index (χ2v) is 9.94. The summed E-state index contributed by atoms with van der Waals surface area (Å²) in [6.45, 7) is 34.5. The van der Waals surface area contributed by atoms with Crippen LogP contribution in [-0.4, -0.2) is 32.8 Å². The van der Waals surface area contributed by atoms with Gasteiger partial charge >= 0.3 is 0 Å². The van der Waals surface area contributed by atoms with Crippen molar-refractivity contribution in [1.29, 1.82) is 0 Å². The summed E-state index contributed by atoms with van der Waals surface area (Å²) in [4.78, 5) is 0. The van der Waals surface area contributed by atoms with Crippen molar-refractivity contribution in [3.05, 3.63) is 74.4 Å². The van der Waals surface area contributed by atoms with Crippen LogP contribution in [0.5, 0.6) is 0 Å². The predicted octanol–water partition coefficient (Wildman–Crippen LogP) is 3.74. The topological polar surface area (TPSA) is 53.3 Å². The first-order valence-electron chi connectivity index (χ1n) is 9.92. The van der Waals surface area contributed by atoms with Crippen LogP contribution in [0, 0.1) is 5.92 Å². The van der Waals surface area contributed by atoms with Crippen LogP contribution in [0.25, 0.3) is 0 Å². The van der Waals surface area contributed by atoms with E-state index in [1.54, 1.807) is 0 Å². The lowest BCUT2D eigenvalue weighted by molar-refractivity contribution is 0.0957. The molecular weight excluding hydrogens is 344 g/mol. The van der Waals surface area contributed by atoms with Gasteiger partial charge in [-0.25, -0.2) is 10.4 Å². The van der Waals surface area contributed by atoms with Gasteiger partial charge in [-0.3, -0.25) is 0 Å². The van der Waals surface area contributed by atoms with E-state index in [-0.39, 0.29) is 17.0 Å². The Bertz CT molecular complexity index is 777. The average molecular weight is 381 g/mol. The number of hydrazine groups is 1. The van der Waals surface area contributed by atoms with Crippen LogP contribution in [0.2, 0.25) is 0 Å². The normalized spacial score (nSPS) is 38.2. The number of hydrogen-bond acceptors (Lipinski definition) is 4. The molecule has 2 bridgehead atoms. The Kier molecular flexibility index (Phi) is 4.42. The predicted molar refractivity (Wildman–Crippen MR) is 119 cm³/mol. The van der Waals surface area contributed by atoms with E-state index in [0.29, 0.717) is 0 Å². The van der Waals surface area contributed by atoms with E-state index in [1.807, 2.05) is 18.2 Å². The zero-order valence-electron chi connectivity index (χ0n) is 18.0. The van der Waals surface area contributed by atoms with Crippen molar-refractivity contribution in [3.63, 3.8) is 0 Å². The lowest BCUT2D eigenvalue weighted by Gasteiger charge is -2.54. The Morgan fingerprint density at radius 1 is 1.00 bits per heavy atom. The van der Waals surface area contributed by atoms with Gasteiger partial charge in [-0.15, -0.1) is 19.7 Å². The Morgan fingerprint density at radius 3 is 1.89 bits per heavy atom. The van der Waals surface area contributed by atoms with E-state index < -0.39 is 16.7 Å². The van der Waals surface area contributed by atoms with Crippen molar-refractivity contribution in [2.24, 2.45) is 11.7 Å². The number of nitrogens with one attached hydrogen (secondary N) is 2. The third kappa shape index (κ3) is 2.38. The van der Waals surface area contributed by atoms with Crippen molar-refractivity contribution in [2.75, 3.05) is 0 Å². The highest BCUT2D eigenvalue weighted by Gasteiger charge is 2.69. The number of nitrogens with two attached hydrogens (primary N) is 1. The van der Waals surface area contributed by atoms with Crippen LogP contribution in [0.3, 0.4) is 0 Å². The monoisotopic (exact) mass is 380 g/mol. The molecule has 3 rings (SSSR count). The molecule has 3 heterocycles. The Labute approximate surface area is 170 Å². The lowest BCUT2D eigenvalue weighted by atomic mass is 9.62. The summed E-state index contributed by atoms with van der Waals surface area (Å²) in [7, 11) is 0. The van der Waals surface area contributed by atoms with Crippen LogP contribution < -0.4 is 16.5 Å². The standard InChI is InChI=1S/C24H36N4/c1-11-22(12-2)17(5)24(25)18(6)23(13-3,28(22)27-24)16(4)19-14-20(7,8)26-21(9,10)15-19/h11-13,19,26-27H,1-6,14-15,25H2,7-10H3. The van der Waals surface area contributed by atoms with Gasteiger partial charge in [0.2, 0.25) is 0 Å². The molecule has 3 aliphatic rings. The maximum absolute atomic E-state index is 6.79. The second-order valence-electron chi connectivity index (χ2n) is 9.94. The zero-order valence-corrected chi connectivity index (χ0v) is 18.0. The van der Waals surface area contributed by atoms with E-state index in [4.69, 9.17) is 5.73 Å². The van der Waals surface area contributed by atoms with Gasteiger partial charge < -0.3 is 11.1 Å².